The van der Waals surface area contributed by atoms with E-state index in [0.717, 1.165) is 12.0 Å². The summed E-state index contributed by atoms with van der Waals surface area (Å²) < 4.78 is 4.94. The van der Waals surface area contributed by atoms with Gasteiger partial charge in [0.1, 0.15) is 0 Å². The summed E-state index contributed by atoms with van der Waals surface area (Å²) in [6, 6.07) is 1.91. The van der Waals surface area contributed by atoms with Gasteiger partial charge in [0, 0.05) is 13.0 Å². The Kier molecular flexibility index (Phi) is 3.95. The molecule has 0 aromatic carbocycles. The molecule has 3 nitrogen and oxygen atoms in total. The van der Waals surface area contributed by atoms with Crippen LogP contribution in [0, 0.1) is 5.41 Å². The maximum absolute atomic E-state index is 11.5. The highest BCUT2D eigenvalue weighted by molar-refractivity contribution is 5.76. The maximum atomic E-state index is 11.5. The zero-order chi connectivity index (χ0) is 11.3. The summed E-state index contributed by atoms with van der Waals surface area (Å²) in [6.45, 7) is 6.85. The van der Waals surface area contributed by atoms with Gasteiger partial charge in [0.15, 0.2) is 0 Å². The molecule has 0 unspecified atom stereocenters. The van der Waals surface area contributed by atoms with Crippen LogP contribution < -0.4 is 5.32 Å². The summed E-state index contributed by atoms with van der Waals surface area (Å²) in [7, 11) is 0. The van der Waals surface area contributed by atoms with Crippen LogP contribution in [0.1, 0.15) is 32.8 Å². The molecule has 0 atom stereocenters. The molecule has 1 aromatic heterocycles. The molecule has 1 heterocycles. The Morgan fingerprint density at radius 1 is 1.47 bits per heavy atom. The number of furan rings is 1. The highest BCUT2D eigenvalue weighted by atomic mass is 16.3. The van der Waals surface area contributed by atoms with E-state index < -0.39 is 0 Å². The average Bonchev–Trinajstić information content (AvgIpc) is 2.53. The third-order valence-corrected chi connectivity index (χ3v) is 2.01. The first kappa shape index (κ1) is 11.8. The Morgan fingerprint density at radius 2 is 2.20 bits per heavy atom. The number of nitrogens with one attached hydrogen (secondary N) is 1. The second kappa shape index (κ2) is 5.01. The van der Waals surface area contributed by atoms with Crippen molar-refractivity contribution in [2.24, 2.45) is 5.41 Å². The summed E-state index contributed by atoms with van der Waals surface area (Å²) in [5.74, 6) is 0.117. The molecule has 3 heteroatoms. The Hall–Kier alpha value is -1.25. The lowest BCUT2D eigenvalue weighted by Gasteiger charge is -2.17. The van der Waals surface area contributed by atoms with E-state index in [1.165, 1.54) is 0 Å². The number of hydrogen-bond donors (Lipinski definition) is 1. The average molecular weight is 209 g/mol. The fourth-order valence-electron chi connectivity index (χ4n) is 1.33. The molecule has 0 radical (unpaired) electrons. The highest BCUT2D eigenvalue weighted by Gasteiger charge is 2.15. The van der Waals surface area contributed by atoms with Crippen molar-refractivity contribution in [3.63, 3.8) is 0 Å². The van der Waals surface area contributed by atoms with Crippen LogP contribution in [0.5, 0.6) is 0 Å². The van der Waals surface area contributed by atoms with Gasteiger partial charge in [-0.15, -0.1) is 0 Å². The standard InChI is InChI=1S/C12H19NO2/c1-12(2,3)8-11(14)13-6-4-10-5-7-15-9-10/h5,7,9H,4,6,8H2,1-3H3,(H,13,14). The predicted molar refractivity (Wildman–Crippen MR) is 59.5 cm³/mol. The van der Waals surface area contributed by atoms with Crippen LogP contribution >= 0.6 is 0 Å². The van der Waals surface area contributed by atoms with Crippen LogP contribution in [0.2, 0.25) is 0 Å². The number of carbonyl (C=O) groups is 1. The molecule has 0 aliphatic heterocycles. The molecule has 1 rings (SSSR count). The molecule has 0 fully saturated rings. The van der Waals surface area contributed by atoms with Crippen molar-refractivity contribution in [2.75, 3.05) is 6.54 Å². The van der Waals surface area contributed by atoms with E-state index in [1.54, 1.807) is 12.5 Å². The van der Waals surface area contributed by atoms with E-state index in [1.807, 2.05) is 6.07 Å². The minimum atomic E-state index is 0.0553. The van der Waals surface area contributed by atoms with Gasteiger partial charge < -0.3 is 9.73 Å². The molecule has 0 aliphatic carbocycles. The fourth-order valence-corrected chi connectivity index (χ4v) is 1.33. The highest BCUT2D eigenvalue weighted by Crippen LogP contribution is 2.17. The van der Waals surface area contributed by atoms with Crippen LogP contribution in [-0.2, 0) is 11.2 Å². The lowest BCUT2D eigenvalue weighted by atomic mass is 9.92. The van der Waals surface area contributed by atoms with Gasteiger partial charge >= 0.3 is 0 Å². The first-order valence-electron chi connectivity index (χ1n) is 5.25. The van der Waals surface area contributed by atoms with Crippen LogP contribution in [0.25, 0.3) is 0 Å². The van der Waals surface area contributed by atoms with Crippen molar-refractivity contribution in [1.29, 1.82) is 0 Å². The molecular weight excluding hydrogens is 190 g/mol. The van der Waals surface area contributed by atoms with E-state index in [9.17, 15) is 4.79 Å². The van der Waals surface area contributed by atoms with Gasteiger partial charge in [0.25, 0.3) is 0 Å². The first-order chi connectivity index (χ1) is 6.97. The lowest BCUT2D eigenvalue weighted by Crippen LogP contribution is -2.29. The molecule has 1 amide bonds. The van der Waals surface area contributed by atoms with Gasteiger partial charge in [-0.2, -0.15) is 0 Å². The Labute approximate surface area is 90.9 Å². The largest absolute Gasteiger partial charge is 0.472 e. The van der Waals surface area contributed by atoms with E-state index >= 15 is 0 Å². The fraction of sp³-hybridized carbons (Fsp3) is 0.583. The van der Waals surface area contributed by atoms with E-state index in [4.69, 9.17) is 4.42 Å². The Morgan fingerprint density at radius 3 is 2.73 bits per heavy atom. The zero-order valence-electron chi connectivity index (χ0n) is 9.67. The van der Waals surface area contributed by atoms with Crippen molar-refractivity contribution in [3.05, 3.63) is 24.2 Å². The van der Waals surface area contributed by atoms with Crippen LogP contribution in [0.4, 0.5) is 0 Å². The second-order valence-corrected chi connectivity index (χ2v) is 4.97. The van der Waals surface area contributed by atoms with Gasteiger partial charge in [0.2, 0.25) is 5.91 Å². The monoisotopic (exact) mass is 209 g/mol. The molecule has 1 N–H and O–H groups in total. The SMILES string of the molecule is CC(C)(C)CC(=O)NCCc1ccoc1. The van der Waals surface area contributed by atoms with Gasteiger partial charge in [0.05, 0.1) is 12.5 Å². The summed E-state index contributed by atoms with van der Waals surface area (Å²) in [4.78, 5) is 11.5. The van der Waals surface area contributed by atoms with Crippen molar-refractivity contribution in [1.82, 2.24) is 5.32 Å². The van der Waals surface area contributed by atoms with Crippen LogP contribution in [0.3, 0.4) is 0 Å². The first-order valence-corrected chi connectivity index (χ1v) is 5.25. The lowest BCUT2D eigenvalue weighted by molar-refractivity contribution is -0.122. The molecule has 0 bridgehead atoms. The quantitative estimate of drug-likeness (QED) is 0.827. The smallest absolute Gasteiger partial charge is 0.220 e. The summed E-state index contributed by atoms with van der Waals surface area (Å²) >= 11 is 0. The van der Waals surface area contributed by atoms with Gasteiger partial charge in [-0.25, -0.2) is 0 Å². The summed E-state index contributed by atoms with van der Waals surface area (Å²) in [6.07, 6.45) is 4.74. The van der Waals surface area contributed by atoms with Crippen LogP contribution in [0.15, 0.2) is 23.0 Å². The van der Waals surface area contributed by atoms with Crippen molar-refractivity contribution in [3.8, 4) is 0 Å². The number of rotatable bonds is 4. The maximum Gasteiger partial charge on any atom is 0.220 e. The van der Waals surface area contributed by atoms with E-state index in [-0.39, 0.29) is 11.3 Å². The minimum Gasteiger partial charge on any atom is -0.472 e. The molecular formula is C12H19NO2. The third kappa shape index (κ3) is 5.25. The molecule has 15 heavy (non-hydrogen) atoms. The molecule has 1 aromatic rings. The Balaban J connectivity index is 2.18. The minimum absolute atomic E-state index is 0.0553. The van der Waals surface area contributed by atoms with Crippen molar-refractivity contribution < 1.29 is 9.21 Å². The van der Waals surface area contributed by atoms with E-state index in [0.29, 0.717) is 13.0 Å². The molecule has 0 saturated heterocycles. The second-order valence-electron chi connectivity index (χ2n) is 4.97. The molecule has 0 aliphatic rings. The number of carbonyl (C=O) groups excluding carboxylic acids is 1. The Bertz CT molecular complexity index is 296. The normalized spacial score (nSPS) is 11.4. The number of hydrogen-bond acceptors (Lipinski definition) is 2. The molecule has 84 valence electrons. The summed E-state index contributed by atoms with van der Waals surface area (Å²) in [5.41, 5.74) is 1.17. The van der Waals surface area contributed by atoms with E-state index in [2.05, 4.69) is 26.1 Å². The third-order valence-electron chi connectivity index (χ3n) is 2.01. The topological polar surface area (TPSA) is 42.2 Å². The number of amides is 1. The molecule has 0 saturated carbocycles. The predicted octanol–water partition coefficient (Wildman–Crippen LogP) is 2.37. The zero-order valence-corrected chi connectivity index (χ0v) is 9.67. The summed E-state index contributed by atoms with van der Waals surface area (Å²) in [5, 5.41) is 2.90. The van der Waals surface area contributed by atoms with Crippen molar-refractivity contribution >= 4 is 5.91 Å². The van der Waals surface area contributed by atoms with Gasteiger partial charge in [-0.05, 0) is 23.5 Å². The van der Waals surface area contributed by atoms with Gasteiger partial charge in [-0.1, -0.05) is 20.8 Å². The van der Waals surface area contributed by atoms with Gasteiger partial charge in [-0.3, -0.25) is 4.79 Å². The molecule has 0 spiro atoms. The van der Waals surface area contributed by atoms with Crippen molar-refractivity contribution in [2.45, 2.75) is 33.6 Å². The van der Waals surface area contributed by atoms with Crippen LogP contribution in [-0.4, -0.2) is 12.5 Å².